The number of aryl methyl sites for hydroxylation is 1. The zero-order chi connectivity index (χ0) is 16.1. The lowest BCUT2D eigenvalue weighted by Crippen LogP contribution is -2.31. The van der Waals surface area contributed by atoms with Crippen LogP contribution in [-0.4, -0.2) is 23.5 Å². The van der Waals surface area contributed by atoms with E-state index in [9.17, 15) is 19.1 Å². The number of carbonyl (C=O) groups is 2. The fourth-order valence-corrected chi connectivity index (χ4v) is 3.04. The molecule has 6 heteroatoms. The van der Waals surface area contributed by atoms with Gasteiger partial charge in [-0.05, 0) is 41.1 Å². The van der Waals surface area contributed by atoms with Crippen molar-refractivity contribution in [3.05, 3.63) is 57.5 Å². The van der Waals surface area contributed by atoms with Crippen molar-refractivity contribution in [2.45, 2.75) is 19.3 Å². The highest BCUT2D eigenvalue weighted by Crippen LogP contribution is 2.19. The van der Waals surface area contributed by atoms with Crippen LogP contribution in [-0.2, 0) is 11.2 Å². The molecule has 0 aliphatic rings. The van der Waals surface area contributed by atoms with Gasteiger partial charge in [0.2, 0.25) is 0 Å². The molecule has 1 amide bonds. The van der Waals surface area contributed by atoms with Crippen LogP contribution >= 0.6 is 11.3 Å². The van der Waals surface area contributed by atoms with E-state index < -0.39 is 17.7 Å². The van der Waals surface area contributed by atoms with Gasteiger partial charge in [-0.15, -0.1) is 11.3 Å². The quantitative estimate of drug-likeness (QED) is 0.859. The second-order valence-electron chi connectivity index (χ2n) is 4.78. The number of aliphatic carboxylic acids is 1. The molecule has 1 heterocycles. The number of benzene rings is 1. The molecule has 0 saturated carbocycles. The van der Waals surface area contributed by atoms with Crippen LogP contribution in [0.25, 0.3) is 0 Å². The zero-order valence-corrected chi connectivity index (χ0v) is 12.8. The highest BCUT2D eigenvalue weighted by Gasteiger charge is 2.22. The second-order valence-corrected chi connectivity index (χ2v) is 5.70. The number of halogens is 1. The molecule has 0 spiro atoms. The molecule has 0 fully saturated rings. The van der Waals surface area contributed by atoms with Crippen LogP contribution in [0.1, 0.15) is 33.6 Å². The molecular weight excluding hydrogens is 305 g/mol. The summed E-state index contributed by atoms with van der Waals surface area (Å²) in [6, 6.07) is 7.14. The Morgan fingerprint density at radius 3 is 2.55 bits per heavy atom. The molecule has 1 aromatic carbocycles. The van der Waals surface area contributed by atoms with Gasteiger partial charge in [0.25, 0.3) is 5.91 Å². The van der Waals surface area contributed by atoms with Crippen LogP contribution in [0.15, 0.2) is 35.7 Å². The van der Waals surface area contributed by atoms with Gasteiger partial charge in [-0.25, -0.2) is 4.39 Å². The Labute approximate surface area is 131 Å². The number of hydrogen-bond donors (Lipinski definition) is 2. The summed E-state index contributed by atoms with van der Waals surface area (Å²) in [5.74, 6) is -2.67. The van der Waals surface area contributed by atoms with E-state index in [1.807, 2.05) is 18.4 Å². The first kappa shape index (κ1) is 16.2. The maximum Gasteiger partial charge on any atom is 0.312 e. The SMILES string of the molecule is CCc1ccsc1C(=O)NCC(C(=O)O)c1ccc(F)cc1. The first-order valence-corrected chi connectivity index (χ1v) is 7.73. The van der Waals surface area contributed by atoms with Gasteiger partial charge in [0.05, 0.1) is 10.8 Å². The highest BCUT2D eigenvalue weighted by atomic mass is 32.1. The topological polar surface area (TPSA) is 66.4 Å². The number of carbonyl (C=O) groups excluding carboxylic acids is 1. The van der Waals surface area contributed by atoms with Crippen LogP contribution < -0.4 is 5.32 Å². The molecule has 0 radical (unpaired) electrons. The molecule has 4 nitrogen and oxygen atoms in total. The summed E-state index contributed by atoms with van der Waals surface area (Å²) in [4.78, 5) is 24.1. The van der Waals surface area contributed by atoms with Gasteiger partial charge in [0.1, 0.15) is 5.82 Å². The fraction of sp³-hybridized carbons (Fsp3) is 0.250. The third-order valence-corrected chi connectivity index (χ3v) is 4.33. The Morgan fingerprint density at radius 1 is 1.27 bits per heavy atom. The lowest BCUT2D eigenvalue weighted by molar-refractivity contribution is -0.138. The average Bonchev–Trinajstić information content (AvgIpc) is 2.97. The molecule has 1 atom stereocenters. The van der Waals surface area contributed by atoms with Crippen molar-refractivity contribution < 1.29 is 19.1 Å². The van der Waals surface area contributed by atoms with E-state index in [0.29, 0.717) is 10.4 Å². The van der Waals surface area contributed by atoms with E-state index in [1.54, 1.807) is 0 Å². The normalized spacial score (nSPS) is 11.9. The lowest BCUT2D eigenvalue weighted by Gasteiger charge is -2.14. The molecule has 0 saturated heterocycles. The van der Waals surface area contributed by atoms with Gasteiger partial charge in [-0.1, -0.05) is 19.1 Å². The molecule has 0 bridgehead atoms. The van der Waals surface area contributed by atoms with Crippen molar-refractivity contribution in [1.29, 1.82) is 0 Å². The molecule has 0 aliphatic carbocycles. The molecule has 2 N–H and O–H groups in total. The van der Waals surface area contributed by atoms with Gasteiger partial charge in [-0.3, -0.25) is 9.59 Å². The van der Waals surface area contributed by atoms with Gasteiger partial charge >= 0.3 is 5.97 Å². The van der Waals surface area contributed by atoms with Crippen molar-refractivity contribution in [2.75, 3.05) is 6.54 Å². The van der Waals surface area contributed by atoms with Crippen molar-refractivity contribution in [3.8, 4) is 0 Å². The van der Waals surface area contributed by atoms with Crippen LogP contribution in [0.2, 0.25) is 0 Å². The molecule has 116 valence electrons. The number of carboxylic acid groups (broad SMARTS) is 1. The number of thiophene rings is 1. The first-order valence-electron chi connectivity index (χ1n) is 6.85. The Hall–Kier alpha value is -2.21. The molecule has 1 unspecified atom stereocenters. The Morgan fingerprint density at radius 2 is 1.95 bits per heavy atom. The van der Waals surface area contributed by atoms with E-state index >= 15 is 0 Å². The maximum atomic E-state index is 12.9. The predicted octanol–water partition coefficient (Wildman–Crippen LogP) is 3.05. The monoisotopic (exact) mass is 321 g/mol. The van der Waals surface area contributed by atoms with E-state index in [1.165, 1.54) is 35.6 Å². The molecule has 0 aliphatic heterocycles. The van der Waals surface area contributed by atoms with Crippen molar-refractivity contribution in [3.63, 3.8) is 0 Å². The van der Waals surface area contributed by atoms with Crippen LogP contribution in [0.5, 0.6) is 0 Å². The van der Waals surface area contributed by atoms with Crippen LogP contribution in [0, 0.1) is 5.82 Å². The third-order valence-electron chi connectivity index (χ3n) is 3.37. The van der Waals surface area contributed by atoms with Crippen molar-refractivity contribution in [2.24, 2.45) is 0 Å². The number of hydrogen-bond acceptors (Lipinski definition) is 3. The average molecular weight is 321 g/mol. The van der Waals surface area contributed by atoms with Crippen molar-refractivity contribution >= 4 is 23.2 Å². The van der Waals surface area contributed by atoms with Gasteiger partial charge in [-0.2, -0.15) is 0 Å². The van der Waals surface area contributed by atoms with Crippen LogP contribution in [0.3, 0.4) is 0 Å². The Bertz CT molecular complexity index is 666. The molecule has 2 aromatic rings. The number of carboxylic acids is 1. The third kappa shape index (κ3) is 3.71. The van der Waals surface area contributed by atoms with E-state index in [4.69, 9.17) is 0 Å². The Balaban J connectivity index is 2.08. The number of amides is 1. The fourth-order valence-electron chi connectivity index (χ4n) is 2.13. The first-order chi connectivity index (χ1) is 10.5. The zero-order valence-electron chi connectivity index (χ0n) is 12.0. The van der Waals surface area contributed by atoms with Gasteiger partial charge in [0.15, 0.2) is 0 Å². The summed E-state index contributed by atoms with van der Waals surface area (Å²) in [6.45, 7) is 1.91. The highest BCUT2D eigenvalue weighted by molar-refractivity contribution is 7.12. The second kappa shape index (κ2) is 7.17. The van der Waals surface area contributed by atoms with Gasteiger partial charge < -0.3 is 10.4 Å². The smallest absolute Gasteiger partial charge is 0.312 e. The molecular formula is C16H16FNO3S. The Kier molecular flexibility index (Phi) is 5.27. The largest absolute Gasteiger partial charge is 0.481 e. The molecule has 1 aromatic heterocycles. The van der Waals surface area contributed by atoms with E-state index in [2.05, 4.69) is 5.32 Å². The van der Waals surface area contributed by atoms with E-state index in [-0.39, 0.29) is 12.5 Å². The summed E-state index contributed by atoms with van der Waals surface area (Å²) in [7, 11) is 0. The van der Waals surface area contributed by atoms with Crippen LogP contribution in [0.4, 0.5) is 4.39 Å². The minimum atomic E-state index is -1.06. The van der Waals surface area contributed by atoms with Gasteiger partial charge in [0, 0.05) is 6.54 Å². The predicted molar refractivity (Wildman–Crippen MR) is 82.8 cm³/mol. The minimum absolute atomic E-state index is 0.0408. The summed E-state index contributed by atoms with van der Waals surface area (Å²) < 4.78 is 12.9. The van der Waals surface area contributed by atoms with E-state index in [0.717, 1.165) is 12.0 Å². The summed E-state index contributed by atoms with van der Waals surface area (Å²) in [5.41, 5.74) is 1.40. The number of nitrogens with one attached hydrogen (secondary N) is 1. The number of rotatable bonds is 6. The molecule has 2 rings (SSSR count). The summed E-state index contributed by atoms with van der Waals surface area (Å²) in [6.07, 6.45) is 0.743. The van der Waals surface area contributed by atoms with Crippen molar-refractivity contribution in [1.82, 2.24) is 5.32 Å². The summed E-state index contributed by atoms with van der Waals surface area (Å²) in [5, 5.41) is 13.8. The summed E-state index contributed by atoms with van der Waals surface area (Å²) >= 11 is 1.33. The molecule has 22 heavy (non-hydrogen) atoms. The minimum Gasteiger partial charge on any atom is -0.481 e. The lowest BCUT2D eigenvalue weighted by atomic mass is 9.99. The standard InChI is InChI=1S/C16H16FNO3S/c1-2-10-7-8-22-14(10)15(19)18-9-13(16(20)21)11-3-5-12(17)6-4-11/h3-8,13H,2,9H2,1H3,(H,18,19)(H,20,21). The maximum absolute atomic E-state index is 12.9.